The molecule has 2 fully saturated rings. The van der Waals surface area contributed by atoms with Gasteiger partial charge in [0, 0.05) is 29.0 Å². The first-order valence-electron chi connectivity index (χ1n) is 14.9. The molecule has 0 bridgehead atoms. The summed E-state index contributed by atoms with van der Waals surface area (Å²) in [6.45, 7) is 1.40. The Morgan fingerprint density at radius 1 is 0.881 bits per heavy atom. The number of alkyl halides is 3. The predicted octanol–water partition coefficient (Wildman–Crippen LogP) is 7.92. The Hall–Kier alpha value is -3.81. The average Bonchev–Trinajstić information content (AvgIpc) is 3.44. The van der Waals surface area contributed by atoms with Crippen LogP contribution in [0.25, 0.3) is 0 Å². The largest absolute Gasteiger partial charge is 0.416 e. The molecule has 2 heterocycles. The highest BCUT2D eigenvalue weighted by Gasteiger charge is 2.45. The molecule has 42 heavy (non-hydrogen) atoms. The number of aryl methyl sites for hydroxylation is 2. The van der Waals surface area contributed by atoms with Crippen LogP contribution in [-0.4, -0.2) is 28.8 Å². The summed E-state index contributed by atoms with van der Waals surface area (Å²) < 4.78 is 40.8. The number of fused-ring (bicyclic) bond motifs is 2. The molecule has 3 aromatic carbocycles. The van der Waals surface area contributed by atoms with Gasteiger partial charge in [-0.3, -0.25) is 9.59 Å². The zero-order valence-corrected chi connectivity index (χ0v) is 23.7. The van der Waals surface area contributed by atoms with Crippen LogP contribution in [0, 0.1) is 12.8 Å². The van der Waals surface area contributed by atoms with E-state index in [9.17, 15) is 22.8 Å². The van der Waals surface area contributed by atoms with Gasteiger partial charge in [0.15, 0.2) is 0 Å². The quantitative estimate of drug-likeness (QED) is 0.325. The third-order valence-electron chi connectivity index (χ3n) is 9.24. The summed E-state index contributed by atoms with van der Waals surface area (Å²) in [4.78, 5) is 29.9. The Kier molecular flexibility index (Phi) is 7.73. The number of nitrogens with zero attached hydrogens (tertiary/aromatic N) is 1. The van der Waals surface area contributed by atoms with Crippen LogP contribution >= 0.6 is 0 Å². The van der Waals surface area contributed by atoms with Gasteiger partial charge in [0.2, 0.25) is 5.91 Å². The van der Waals surface area contributed by atoms with Crippen LogP contribution in [0.2, 0.25) is 0 Å². The Morgan fingerprint density at radius 3 is 2.33 bits per heavy atom. The minimum absolute atomic E-state index is 0.0357. The lowest BCUT2D eigenvalue weighted by Crippen LogP contribution is -2.51. The molecule has 2 amide bonds. The first-order valence-corrected chi connectivity index (χ1v) is 14.9. The number of benzene rings is 3. The van der Waals surface area contributed by atoms with Crippen molar-refractivity contribution in [2.75, 3.05) is 10.6 Å². The van der Waals surface area contributed by atoms with E-state index in [2.05, 4.69) is 10.6 Å². The highest BCUT2D eigenvalue weighted by Crippen LogP contribution is 2.44. The lowest BCUT2D eigenvalue weighted by molar-refractivity contribution is -0.138. The zero-order valence-electron chi connectivity index (χ0n) is 23.7. The fourth-order valence-corrected chi connectivity index (χ4v) is 7.06. The number of hydrogen-bond acceptors (Lipinski definition) is 3. The summed E-state index contributed by atoms with van der Waals surface area (Å²) in [5, 5.41) is 6.36. The SMILES string of the molecule is Cc1ccc(NC(=O)[C@H]2CCC3CCc4ccccc4C(=O)N3[C@H]2c2ccc(NC3CCCC3)cc2)cc1C(F)(F)F. The Labute approximate surface area is 244 Å². The molecule has 2 N–H and O–H groups in total. The van der Waals surface area contributed by atoms with E-state index in [1.165, 1.54) is 31.9 Å². The summed E-state index contributed by atoms with van der Waals surface area (Å²) in [5.41, 5.74) is 2.94. The second-order valence-corrected chi connectivity index (χ2v) is 12.0. The van der Waals surface area contributed by atoms with E-state index in [0.29, 0.717) is 24.4 Å². The summed E-state index contributed by atoms with van der Waals surface area (Å²) >= 11 is 0. The number of piperidine rings is 1. The van der Waals surface area contributed by atoms with Crippen molar-refractivity contribution in [3.8, 4) is 0 Å². The molecule has 3 aliphatic rings. The highest BCUT2D eigenvalue weighted by molar-refractivity contribution is 5.98. The van der Waals surface area contributed by atoms with Crippen molar-refractivity contribution in [3.05, 3.63) is 94.5 Å². The van der Waals surface area contributed by atoms with E-state index >= 15 is 0 Å². The van der Waals surface area contributed by atoms with E-state index in [0.717, 1.165) is 48.6 Å². The summed E-state index contributed by atoms with van der Waals surface area (Å²) in [5.74, 6) is -1.10. The first kappa shape index (κ1) is 28.3. The Morgan fingerprint density at radius 2 is 1.60 bits per heavy atom. The van der Waals surface area contributed by atoms with Gasteiger partial charge in [-0.2, -0.15) is 13.2 Å². The lowest BCUT2D eigenvalue weighted by atomic mass is 9.80. The van der Waals surface area contributed by atoms with Gasteiger partial charge in [-0.25, -0.2) is 0 Å². The van der Waals surface area contributed by atoms with Gasteiger partial charge in [-0.15, -0.1) is 0 Å². The molecule has 1 unspecified atom stereocenters. The van der Waals surface area contributed by atoms with Gasteiger partial charge >= 0.3 is 6.18 Å². The topological polar surface area (TPSA) is 61.4 Å². The van der Waals surface area contributed by atoms with E-state index in [1.807, 2.05) is 53.4 Å². The minimum atomic E-state index is -4.52. The summed E-state index contributed by atoms with van der Waals surface area (Å²) in [6.07, 6.45) is 2.96. The maximum atomic E-state index is 14.1. The minimum Gasteiger partial charge on any atom is -0.382 e. The van der Waals surface area contributed by atoms with Crippen LogP contribution in [0.15, 0.2) is 66.7 Å². The number of carbonyl (C=O) groups is 2. The predicted molar refractivity (Wildman–Crippen MR) is 157 cm³/mol. The van der Waals surface area contributed by atoms with E-state index in [4.69, 9.17) is 0 Å². The van der Waals surface area contributed by atoms with Crippen molar-refractivity contribution in [2.24, 2.45) is 5.92 Å². The molecule has 1 saturated carbocycles. The molecule has 6 rings (SSSR count). The Balaban J connectivity index is 1.34. The number of amides is 2. The van der Waals surface area contributed by atoms with Crippen LogP contribution in [0.5, 0.6) is 0 Å². The zero-order chi connectivity index (χ0) is 29.4. The second kappa shape index (κ2) is 11.5. The van der Waals surface area contributed by atoms with E-state index in [1.54, 1.807) is 0 Å². The fourth-order valence-electron chi connectivity index (χ4n) is 7.06. The fraction of sp³-hybridized carbons (Fsp3) is 0.412. The second-order valence-electron chi connectivity index (χ2n) is 12.0. The first-order chi connectivity index (χ1) is 20.2. The average molecular weight is 576 g/mol. The summed E-state index contributed by atoms with van der Waals surface area (Å²) in [6, 6.07) is 19.4. The summed E-state index contributed by atoms with van der Waals surface area (Å²) in [7, 11) is 0. The normalized spacial score (nSPS) is 22.7. The lowest BCUT2D eigenvalue weighted by Gasteiger charge is -2.45. The molecule has 1 saturated heterocycles. The van der Waals surface area contributed by atoms with E-state index in [-0.39, 0.29) is 29.1 Å². The molecule has 1 aliphatic carbocycles. The van der Waals surface area contributed by atoms with Crippen LogP contribution in [0.3, 0.4) is 0 Å². The maximum Gasteiger partial charge on any atom is 0.416 e. The molecular weight excluding hydrogens is 539 g/mol. The van der Waals surface area contributed by atoms with Gasteiger partial charge in [0.25, 0.3) is 5.91 Å². The molecule has 8 heteroatoms. The number of hydrogen-bond donors (Lipinski definition) is 2. The number of carbonyl (C=O) groups excluding carboxylic acids is 2. The van der Waals surface area contributed by atoms with Gasteiger partial charge in [0.05, 0.1) is 17.5 Å². The molecule has 5 nitrogen and oxygen atoms in total. The van der Waals surface area contributed by atoms with E-state index < -0.39 is 23.7 Å². The number of nitrogens with one attached hydrogen (secondary N) is 2. The third-order valence-corrected chi connectivity index (χ3v) is 9.24. The molecule has 220 valence electrons. The monoisotopic (exact) mass is 575 g/mol. The smallest absolute Gasteiger partial charge is 0.382 e. The number of halogens is 3. The molecule has 3 aromatic rings. The molecule has 2 aliphatic heterocycles. The van der Waals surface area contributed by atoms with Crippen molar-refractivity contribution in [3.63, 3.8) is 0 Å². The molecule has 3 atom stereocenters. The van der Waals surface area contributed by atoms with Crippen LogP contribution in [0.1, 0.15) is 83.6 Å². The Bertz CT molecular complexity index is 1460. The molecular formula is C34H36F3N3O2. The van der Waals surface area contributed by atoms with Crippen molar-refractivity contribution >= 4 is 23.2 Å². The van der Waals surface area contributed by atoms with Gasteiger partial charge in [-0.05, 0) is 92.5 Å². The number of anilines is 2. The third kappa shape index (κ3) is 5.63. The van der Waals surface area contributed by atoms with Crippen molar-refractivity contribution in [1.29, 1.82) is 0 Å². The van der Waals surface area contributed by atoms with Crippen LogP contribution in [-0.2, 0) is 17.4 Å². The van der Waals surface area contributed by atoms with Gasteiger partial charge in [-0.1, -0.05) is 49.2 Å². The standard InChI is InChI=1S/C34H36F3N3O2/c1-21-10-14-26(20-30(21)34(35,36)37)39-32(41)29-19-18-27-17-13-22-6-2-5-9-28(22)33(42)40(27)31(29)23-11-15-25(16-12-23)38-24-7-3-4-8-24/h2,5-6,9-12,14-16,20,24,27,29,31,38H,3-4,7-8,13,17-19H2,1H3,(H,39,41)/t27?,29-,31-/m0/s1. The van der Waals surface area contributed by atoms with Crippen LogP contribution < -0.4 is 10.6 Å². The number of rotatable bonds is 5. The van der Waals surface area contributed by atoms with Crippen molar-refractivity contribution < 1.29 is 22.8 Å². The van der Waals surface area contributed by atoms with Crippen molar-refractivity contribution in [1.82, 2.24) is 4.90 Å². The molecule has 0 spiro atoms. The molecule has 0 radical (unpaired) electrons. The highest BCUT2D eigenvalue weighted by atomic mass is 19.4. The maximum absolute atomic E-state index is 14.1. The van der Waals surface area contributed by atoms with Crippen molar-refractivity contribution in [2.45, 2.75) is 82.6 Å². The van der Waals surface area contributed by atoms with Gasteiger partial charge in [0.1, 0.15) is 0 Å². The van der Waals surface area contributed by atoms with Gasteiger partial charge < -0.3 is 15.5 Å². The van der Waals surface area contributed by atoms with Crippen LogP contribution in [0.4, 0.5) is 24.5 Å². The molecule has 0 aromatic heterocycles.